The second-order valence-corrected chi connectivity index (χ2v) is 14.6. The summed E-state index contributed by atoms with van der Waals surface area (Å²) in [5, 5.41) is 28.8. The number of H-pyrrole nitrogens is 1. The van der Waals surface area contributed by atoms with E-state index in [9.17, 15) is 24.6 Å². The standard InChI is InChI=1S/C46H51N5O6/c1-29-23-31(26-37-42(29)49-28-38(45(47)55)43(37)50-33-15-12-16-34(27-33)57-2)24-30-13-11-14-32(25-30)46(56)48-22-10-8-6-4-3-5-7-9-17-39(52)35-18-20-40(53)44-36(35)19-21-41(54)51-44/h11-16,18-21,23,25-28,39,52-53H,3-10,17,22,24H2,1-2H3,(H2,47,55)(H,48,56)(H,49,50)(H,51,54)/t39-/m0/s1. The largest absolute Gasteiger partial charge is 0.506 e. The zero-order valence-electron chi connectivity index (χ0n) is 32.6. The summed E-state index contributed by atoms with van der Waals surface area (Å²) in [6.07, 6.45) is 10.3. The van der Waals surface area contributed by atoms with Crippen molar-refractivity contribution >= 4 is 45.0 Å². The van der Waals surface area contributed by atoms with Crippen LogP contribution >= 0.6 is 0 Å². The molecule has 2 heterocycles. The van der Waals surface area contributed by atoms with Crippen LogP contribution in [0.2, 0.25) is 0 Å². The summed E-state index contributed by atoms with van der Waals surface area (Å²) in [6, 6.07) is 25.5. The first kappa shape index (κ1) is 40.5. The van der Waals surface area contributed by atoms with Gasteiger partial charge in [0.25, 0.3) is 11.8 Å². The number of aromatic nitrogens is 2. The lowest BCUT2D eigenvalue weighted by atomic mass is 9.97. The Morgan fingerprint density at radius 2 is 1.61 bits per heavy atom. The third-order valence-electron chi connectivity index (χ3n) is 10.4. The molecule has 6 rings (SSSR count). The molecule has 2 aromatic heterocycles. The predicted octanol–water partition coefficient (Wildman–Crippen LogP) is 8.51. The number of nitrogens with zero attached hydrogens (tertiary/aromatic N) is 1. The van der Waals surface area contributed by atoms with Crippen LogP contribution in [0.25, 0.3) is 21.8 Å². The SMILES string of the molecule is COc1cccc(Nc2c(C(N)=O)cnc3c(C)cc(Cc4cccc(C(=O)NCCCCCCCCCC[C@H](O)c5ccc(O)c6[nH]c(=O)ccc56)c4)cc23)c1. The molecular formula is C46H51N5O6. The first-order valence-electron chi connectivity index (χ1n) is 19.6. The van der Waals surface area contributed by atoms with Crippen molar-refractivity contribution in [1.29, 1.82) is 0 Å². The maximum absolute atomic E-state index is 13.1. The third kappa shape index (κ3) is 10.4. The molecule has 0 saturated heterocycles. The molecule has 0 bridgehead atoms. The number of rotatable bonds is 19. The van der Waals surface area contributed by atoms with Crippen molar-refractivity contribution in [3.8, 4) is 11.5 Å². The van der Waals surface area contributed by atoms with Gasteiger partial charge >= 0.3 is 0 Å². The highest BCUT2D eigenvalue weighted by molar-refractivity contribution is 6.08. The number of aryl methyl sites for hydroxylation is 1. The average molecular weight is 770 g/mol. The first-order chi connectivity index (χ1) is 27.6. The molecule has 0 aliphatic rings. The maximum Gasteiger partial charge on any atom is 0.252 e. The van der Waals surface area contributed by atoms with Crippen LogP contribution in [-0.2, 0) is 6.42 Å². The van der Waals surface area contributed by atoms with Gasteiger partial charge < -0.3 is 36.3 Å². The quantitative estimate of drug-likeness (QED) is 0.0444. The minimum atomic E-state index is -0.662. The Kier molecular flexibility index (Phi) is 13.6. The highest BCUT2D eigenvalue weighted by Crippen LogP contribution is 2.34. The second-order valence-electron chi connectivity index (χ2n) is 14.6. The number of anilines is 2. The van der Waals surface area contributed by atoms with E-state index >= 15 is 0 Å². The van der Waals surface area contributed by atoms with Gasteiger partial charge in [-0.3, -0.25) is 19.4 Å². The number of aromatic amines is 1. The first-order valence-corrected chi connectivity index (χ1v) is 19.6. The number of amides is 2. The van der Waals surface area contributed by atoms with Gasteiger partial charge in [-0.05, 0) is 90.9 Å². The zero-order valence-corrected chi connectivity index (χ0v) is 32.6. The number of nitrogens with one attached hydrogen (secondary N) is 3. The Balaban J connectivity index is 0.941. The van der Waals surface area contributed by atoms with Gasteiger partial charge in [-0.25, -0.2) is 0 Å². The summed E-state index contributed by atoms with van der Waals surface area (Å²) in [6.45, 7) is 2.60. The number of phenols is 1. The number of phenolic OH excluding ortho intramolecular Hbond substituents is 1. The fourth-order valence-electron chi connectivity index (χ4n) is 7.41. The number of aliphatic hydroxyl groups excluding tert-OH is 1. The molecule has 6 aromatic rings. The predicted molar refractivity (Wildman–Crippen MR) is 226 cm³/mol. The van der Waals surface area contributed by atoms with Gasteiger partial charge in [0.2, 0.25) is 5.56 Å². The fourth-order valence-corrected chi connectivity index (χ4v) is 7.41. The monoisotopic (exact) mass is 769 g/mol. The van der Waals surface area contributed by atoms with Crippen LogP contribution in [0.15, 0.2) is 95.9 Å². The number of aliphatic hydroxyl groups is 1. The lowest BCUT2D eigenvalue weighted by molar-refractivity contribution is 0.0951. The molecule has 296 valence electrons. The van der Waals surface area contributed by atoms with Crippen molar-refractivity contribution in [2.24, 2.45) is 5.73 Å². The van der Waals surface area contributed by atoms with Crippen molar-refractivity contribution in [3.63, 3.8) is 0 Å². The number of nitrogens with two attached hydrogens (primary N) is 1. The van der Waals surface area contributed by atoms with Crippen LogP contribution in [-0.4, -0.2) is 45.6 Å². The van der Waals surface area contributed by atoms with E-state index in [-0.39, 0.29) is 22.8 Å². The number of fused-ring (bicyclic) bond motifs is 2. The smallest absolute Gasteiger partial charge is 0.252 e. The number of hydrogen-bond donors (Lipinski definition) is 6. The molecule has 57 heavy (non-hydrogen) atoms. The number of carbonyl (C=O) groups excluding carboxylic acids is 2. The van der Waals surface area contributed by atoms with Crippen molar-refractivity contribution in [1.82, 2.24) is 15.3 Å². The highest BCUT2D eigenvalue weighted by Gasteiger charge is 2.17. The Morgan fingerprint density at radius 3 is 2.39 bits per heavy atom. The van der Waals surface area contributed by atoms with E-state index in [0.717, 1.165) is 84.6 Å². The van der Waals surface area contributed by atoms with Gasteiger partial charge in [0.05, 0.1) is 35.5 Å². The van der Waals surface area contributed by atoms with E-state index in [2.05, 4.69) is 26.7 Å². The van der Waals surface area contributed by atoms with E-state index in [1.165, 1.54) is 18.3 Å². The van der Waals surface area contributed by atoms with Crippen molar-refractivity contribution in [2.75, 3.05) is 19.0 Å². The molecule has 11 heteroatoms. The number of primary amides is 1. The summed E-state index contributed by atoms with van der Waals surface area (Å²) < 4.78 is 5.38. The van der Waals surface area contributed by atoms with Gasteiger partial charge in [-0.2, -0.15) is 0 Å². The van der Waals surface area contributed by atoms with Crippen LogP contribution in [0.3, 0.4) is 0 Å². The van der Waals surface area contributed by atoms with E-state index in [1.54, 1.807) is 19.2 Å². The van der Waals surface area contributed by atoms with Crippen LogP contribution in [0, 0.1) is 6.92 Å². The molecule has 0 aliphatic carbocycles. The third-order valence-corrected chi connectivity index (χ3v) is 10.4. The fraction of sp³-hybridized carbons (Fsp3) is 0.304. The van der Waals surface area contributed by atoms with Gasteiger partial charge in [0, 0.05) is 46.9 Å². The van der Waals surface area contributed by atoms with E-state index in [1.807, 2.05) is 61.5 Å². The van der Waals surface area contributed by atoms with E-state index in [0.29, 0.717) is 52.9 Å². The Morgan fingerprint density at radius 1 is 0.860 bits per heavy atom. The van der Waals surface area contributed by atoms with Crippen molar-refractivity contribution in [2.45, 2.75) is 77.2 Å². The number of benzene rings is 4. The molecule has 2 amide bonds. The number of aromatic hydroxyl groups is 1. The van der Waals surface area contributed by atoms with Crippen LogP contribution in [0.5, 0.6) is 11.5 Å². The van der Waals surface area contributed by atoms with Gasteiger partial charge in [-0.15, -0.1) is 0 Å². The Hall–Kier alpha value is -6.20. The number of pyridine rings is 2. The molecule has 0 fully saturated rings. The molecule has 0 unspecified atom stereocenters. The summed E-state index contributed by atoms with van der Waals surface area (Å²) >= 11 is 0. The minimum absolute atomic E-state index is 0.00671. The molecule has 0 radical (unpaired) electrons. The number of carbonyl (C=O) groups is 2. The van der Waals surface area contributed by atoms with Crippen molar-refractivity contribution < 1.29 is 24.5 Å². The van der Waals surface area contributed by atoms with E-state index < -0.39 is 12.0 Å². The lowest BCUT2D eigenvalue weighted by Crippen LogP contribution is -2.24. The Bertz CT molecular complexity index is 2430. The molecule has 11 nitrogen and oxygen atoms in total. The average Bonchev–Trinajstić information content (AvgIpc) is 3.20. The molecule has 7 N–H and O–H groups in total. The van der Waals surface area contributed by atoms with Crippen LogP contribution in [0.1, 0.15) is 107 Å². The van der Waals surface area contributed by atoms with Gasteiger partial charge in [0.15, 0.2) is 0 Å². The van der Waals surface area contributed by atoms with Crippen LogP contribution < -0.4 is 26.7 Å². The number of ether oxygens (including phenoxy) is 1. The zero-order chi connectivity index (χ0) is 40.3. The summed E-state index contributed by atoms with van der Waals surface area (Å²) in [4.78, 5) is 44.5. The van der Waals surface area contributed by atoms with Gasteiger partial charge in [0.1, 0.15) is 11.5 Å². The Labute approximate surface area is 332 Å². The van der Waals surface area contributed by atoms with E-state index in [4.69, 9.17) is 10.5 Å². The lowest BCUT2D eigenvalue weighted by Gasteiger charge is -2.16. The normalized spacial score (nSPS) is 11.8. The molecule has 0 aliphatic heterocycles. The number of hydrogen-bond acceptors (Lipinski definition) is 8. The minimum Gasteiger partial charge on any atom is -0.506 e. The number of unbranched alkanes of at least 4 members (excludes halogenated alkanes) is 7. The maximum atomic E-state index is 13.1. The molecular weight excluding hydrogens is 719 g/mol. The number of methoxy groups -OCH3 is 1. The van der Waals surface area contributed by atoms with Gasteiger partial charge in [-0.1, -0.05) is 75.3 Å². The molecule has 1 atom stereocenters. The topological polar surface area (TPSA) is 180 Å². The molecule has 4 aromatic carbocycles. The molecule has 0 saturated carbocycles. The summed E-state index contributed by atoms with van der Waals surface area (Å²) in [5.41, 5.74) is 12.5. The van der Waals surface area contributed by atoms with Crippen LogP contribution in [0.4, 0.5) is 11.4 Å². The summed E-state index contributed by atoms with van der Waals surface area (Å²) in [7, 11) is 1.60. The second kappa shape index (κ2) is 19.1. The molecule has 0 spiro atoms. The summed E-state index contributed by atoms with van der Waals surface area (Å²) in [5.74, 6) is -0.00533. The van der Waals surface area contributed by atoms with Crippen molar-refractivity contribution in [3.05, 3.63) is 135 Å². The highest BCUT2D eigenvalue weighted by atomic mass is 16.5.